The van der Waals surface area contributed by atoms with E-state index in [0.29, 0.717) is 30.7 Å². The molecule has 0 N–H and O–H groups in total. The molecule has 1 atom stereocenters. The molecule has 1 heterocycles. The van der Waals surface area contributed by atoms with Crippen molar-refractivity contribution in [3.8, 4) is 5.75 Å². The first kappa shape index (κ1) is 17.7. The Morgan fingerprint density at radius 3 is 2.85 bits per heavy atom. The topological polar surface area (TPSA) is 72.6 Å². The fourth-order valence-electron chi connectivity index (χ4n) is 3.61. The average Bonchev–Trinajstić information content (AvgIpc) is 3.05. The van der Waals surface area contributed by atoms with Crippen molar-refractivity contribution in [2.75, 3.05) is 27.2 Å². The standard InChI is InChI=1S/C21H22N2O4/c1-23(2)9-10-26-15-5-7-16-13(11-15)3-8-19-20(16)21(22-27-19)17-6-4-14(24)12-18(17)25/h3,5,7-8,11,17H,4,6,9-10,12H2,1-2H3/t17-/m0/s1. The summed E-state index contributed by atoms with van der Waals surface area (Å²) in [4.78, 5) is 26.0. The average molecular weight is 366 g/mol. The van der Waals surface area contributed by atoms with E-state index in [4.69, 9.17) is 9.26 Å². The molecule has 0 radical (unpaired) electrons. The molecule has 0 aliphatic heterocycles. The van der Waals surface area contributed by atoms with Crippen LogP contribution in [0.15, 0.2) is 34.9 Å². The molecule has 0 saturated heterocycles. The molecule has 4 rings (SSSR count). The molecule has 0 amide bonds. The van der Waals surface area contributed by atoms with E-state index < -0.39 is 0 Å². The number of ketones is 2. The van der Waals surface area contributed by atoms with E-state index in [9.17, 15) is 9.59 Å². The molecule has 1 aliphatic rings. The number of rotatable bonds is 5. The summed E-state index contributed by atoms with van der Waals surface area (Å²) in [5, 5.41) is 7.04. The third-order valence-electron chi connectivity index (χ3n) is 5.06. The summed E-state index contributed by atoms with van der Waals surface area (Å²) in [5.74, 6) is 0.377. The fourth-order valence-corrected chi connectivity index (χ4v) is 3.61. The molecule has 6 nitrogen and oxygen atoms in total. The summed E-state index contributed by atoms with van der Waals surface area (Å²) in [6, 6.07) is 9.75. The zero-order valence-electron chi connectivity index (χ0n) is 15.5. The Labute approximate surface area is 157 Å². The monoisotopic (exact) mass is 366 g/mol. The predicted octanol–water partition coefficient (Wildman–Crippen LogP) is 3.33. The summed E-state index contributed by atoms with van der Waals surface area (Å²) in [5.41, 5.74) is 1.30. The SMILES string of the molecule is CN(C)CCOc1ccc2c(ccc3onc([C@H]4CCC(=O)CC4=O)c32)c1. The van der Waals surface area contributed by atoms with Gasteiger partial charge in [0.05, 0.1) is 17.7 Å². The van der Waals surface area contributed by atoms with Crippen LogP contribution >= 0.6 is 0 Å². The molecule has 27 heavy (non-hydrogen) atoms. The van der Waals surface area contributed by atoms with Crippen molar-refractivity contribution in [1.29, 1.82) is 0 Å². The van der Waals surface area contributed by atoms with Crippen molar-refractivity contribution >= 4 is 33.3 Å². The lowest BCUT2D eigenvalue weighted by atomic mass is 9.83. The van der Waals surface area contributed by atoms with Crippen molar-refractivity contribution in [1.82, 2.24) is 10.1 Å². The van der Waals surface area contributed by atoms with Crippen molar-refractivity contribution in [3.05, 3.63) is 36.0 Å². The van der Waals surface area contributed by atoms with Gasteiger partial charge in [0, 0.05) is 13.0 Å². The maximum absolute atomic E-state index is 12.4. The van der Waals surface area contributed by atoms with Crippen LogP contribution in [-0.2, 0) is 9.59 Å². The fraction of sp³-hybridized carbons (Fsp3) is 0.381. The first-order chi connectivity index (χ1) is 13.0. The van der Waals surface area contributed by atoms with Gasteiger partial charge in [-0.2, -0.15) is 0 Å². The van der Waals surface area contributed by atoms with Crippen LogP contribution in [0.25, 0.3) is 21.7 Å². The third-order valence-corrected chi connectivity index (χ3v) is 5.06. The van der Waals surface area contributed by atoms with Gasteiger partial charge in [0.25, 0.3) is 0 Å². The van der Waals surface area contributed by atoms with E-state index in [2.05, 4.69) is 10.1 Å². The maximum Gasteiger partial charge on any atom is 0.167 e. The second-order valence-electron chi connectivity index (χ2n) is 7.31. The summed E-state index contributed by atoms with van der Waals surface area (Å²) in [7, 11) is 4.02. The van der Waals surface area contributed by atoms with Gasteiger partial charge in [0.15, 0.2) is 5.58 Å². The van der Waals surface area contributed by atoms with Gasteiger partial charge in [0.2, 0.25) is 0 Å². The van der Waals surface area contributed by atoms with E-state index >= 15 is 0 Å². The number of carbonyl (C=O) groups is 2. The molecule has 140 valence electrons. The number of hydrogen-bond donors (Lipinski definition) is 0. The van der Waals surface area contributed by atoms with Gasteiger partial charge < -0.3 is 14.2 Å². The van der Waals surface area contributed by atoms with E-state index in [1.54, 1.807) is 0 Å². The highest BCUT2D eigenvalue weighted by molar-refractivity contribution is 6.11. The van der Waals surface area contributed by atoms with Crippen molar-refractivity contribution in [2.24, 2.45) is 0 Å². The van der Waals surface area contributed by atoms with Crippen LogP contribution in [0.3, 0.4) is 0 Å². The molecular weight excluding hydrogens is 344 g/mol. The third kappa shape index (κ3) is 3.45. The quantitative estimate of drug-likeness (QED) is 0.645. The molecule has 2 aromatic carbocycles. The molecule has 0 unspecified atom stereocenters. The summed E-state index contributed by atoms with van der Waals surface area (Å²) < 4.78 is 11.3. The van der Waals surface area contributed by atoms with Gasteiger partial charge in [-0.1, -0.05) is 11.2 Å². The minimum Gasteiger partial charge on any atom is -0.492 e. The van der Waals surface area contributed by atoms with Gasteiger partial charge in [0.1, 0.15) is 29.6 Å². The van der Waals surface area contributed by atoms with Crippen LogP contribution in [0.5, 0.6) is 5.75 Å². The van der Waals surface area contributed by atoms with E-state index in [1.165, 1.54) is 0 Å². The highest BCUT2D eigenvalue weighted by Crippen LogP contribution is 2.37. The van der Waals surface area contributed by atoms with Crippen LogP contribution < -0.4 is 4.74 Å². The number of likely N-dealkylation sites (N-methyl/N-ethyl adjacent to an activating group) is 1. The zero-order chi connectivity index (χ0) is 19.0. The Morgan fingerprint density at radius 2 is 2.07 bits per heavy atom. The molecular formula is C21H22N2O4. The highest BCUT2D eigenvalue weighted by atomic mass is 16.5. The second-order valence-corrected chi connectivity index (χ2v) is 7.31. The number of nitrogens with zero attached hydrogens (tertiary/aromatic N) is 2. The number of fused-ring (bicyclic) bond motifs is 3. The number of aromatic nitrogens is 1. The molecule has 6 heteroatoms. The number of hydrogen-bond acceptors (Lipinski definition) is 6. The molecule has 1 fully saturated rings. The highest BCUT2D eigenvalue weighted by Gasteiger charge is 2.32. The van der Waals surface area contributed by atoms with E-state index in [0.717, 1.165) is 28.5 Å². The second kappa shape index (κ2) is 7.12. The Hall–Kier alpha value is -2.73. The van der Waals surface area contributed by atoms with Gasteiger partial charge in [-0.25, -0.2) is 0 Å². The molecule has 1 aliphatic carbocycles. The van der Waals surface area contributed by atoms with E-state index in [-0.39, 0.29) is 23.9 Å². The summed E-state index contributed by atoms with van der Waals surface area (Å²) in [6.07, 6.45) is 0.911. The van der Waals surface area contributed by atoms with Crippen molar-refractivity contribution in [3.63, 3.8) is 0 Å². The number of Topliss-reactive ketones (excluding diaryl/α,β-unsaturated/α-hetero) is 2. The summed E-state index contributed by atoms with van der Waals surface area (Å²) >= 11 is 0. The lowest BCUT2D eigenvalue weighted by Gasteiger charge is -2.18. The number of carbonyl (C=O) groups excluding carboxylic acids is 2. The zero-order valence-corrected chi connectivity index (χ0v) is 15.5. The van der Waals surface area contributed by atoms with E-state index in [1.807, 2.05) is 44.4 Å². The minimum absolute atomic E-state index is 0.00630. The lowest BCUT2D eigenvalue weighted by molar-refractivity contribution is -0.130. The Morgan fingerprint density at radius 1 is 1.22 bits per heavy atom. The minimum atomic E-state index is -0.370. The first-order valence-electron chi connectivity index (χ1n) is 9.17. The Kier molecular flexibility index (Phi) is 4.66. The number of ether oxygens (including phenoxy) is 1. The maximum atomic E-state index is 12.4. The van der Waals surface area contributed by atoms with Crippen LogP contribution in [0.1, 0.15) is 30.9 Å². The normalized spacial score (nSPS) is 18.0. The van der Waals surface area contributed by atoms with Crippen molar-refractivity contribution < 1.29 is 18.8 Å². The Bertz CT molecular complexity index is 1020. The lowest BCUT2D eigenvalue weighted by Crippen LogP contribution is -2.23. The molecule has 1 aromatic heterocycles. The van der Waals surface area contributed by atoms with Gasteiger partial charge >= 0.3 is 0 Å². The molecule has 0 bridgehead atoms. The molecule has 1 saturated carbocycles. The van der Waals surface area contributed by atoms with Crippen molar-refractivity contribution in [2.45, 2.75) is 25.2 Å². The smallest absolute Gasteiger partial charge is 0.167 e. The number of benzene rings is 2. The van der Waals surface area contributed by atoms with Gasteiger partial charge in [-0.05, 0) is 55.6 Å². The van der Waals surface area contributed by atoms with Crippen LogP contribution in [0.4, 0.5) is 0 Å². The first-order valence-corrected chi connectivity index (χ1v) is 9.17. The van der Waals surface area contributed by atoms with Crippen LogP contribution in [-0.4, -0.2) is 48.9 Å². The molecule has 0 spiro atoms. The van der Waals surface area contributed by atoms with Crippen LogP contribution in [0, 0.1) is 0 Å². The summed E-state index contributed by atoms with van der Waals surface area (Å²) in [6.45, 7) is 1.46. The van der Waals surface area contributed by atoms with Gasteiger partial charge in [-0.15, -0.1) is 0 Å². The van der Waals surface area contributed by atoms with Gasteiger partial charge in [-0.3, -0.25) is 9.59 Å². The molecule has 3 aromatic rings. The largest absolute Gasteiger partial charge is 0.492 e. The Balaban J connectivity index is 1.71. The predicted molar refractivity (Wildman–Crippen MR) is 102 cm³/mol. The van der Waals surface area contributed by atoms with Crippen LogP contribution in [0.2, 0.25) is 0 Å².